The first kappa shape index (κ1) is 11.5. The molecule has 0 aromatic heterocycles. The van der Waals surface area contributed by atoms with Gasteiger partial charge in [-0.25, -0.2) is 0 Å². The molecule has 0 unspecified atom stereocenters. The van der Waals surface area contributed by atoms with Crippen molar-refractivity contribution in [2.24, 2.45) is 0 Å². The summed E-state index contributed by atoms with van der Waals surface area (Å²) in [6.45, 7) is 1.35. The molecule has 0 aliphatic heterocycles. The summed E-state index contributed by atoms with van der Waals surface area (Å²) in [5.74, 6) is -0.576. The number of benzene rings is 1. The molecular weight excluding hydrogens is 216 g/mol. The Bertz CT molecular complexity index is 404. The number of hydrogen-bond acceptors (Lipinski definition) is 3. The molecule has 0 saturated carbocycles. The molecule has 0 fully saturated rings. The predicted molar refractivity (Wildman–Crippen MR) is 59.8 cm³/mol. The topological polar surface area (TPSA) is 72.2 Å². The first-order valence-corrected chi connectivity index (χ1v) is 4.71. The van der Waals surface area contributed by atoms with Gasteiger partial charge in [-0.15, -0.1) is 0 Å². The van der Waals surface area contributed by atoms with Crippen LogP contribution < -0.4 is 11.1 Å². The lowest BCUT2D eigenvalue weighted by Crippen LogP contribution is -2.14. The summed E-state index contributed by atoms with van der Waals surface area (Å²) in [7, 11) is 0. The van der Waals surface area contributed by atoms with Crippen molar-refractivity contribution in [3.05, 3.63) is 23.2 Å². The van der Waals surface area contributed by atoms with Gasteiger partial charge in [-0.05, 0) is 25.1 Å². The molecular formula is C10H11ClN2O2. The van der Waals surface area contributed by atoms with E-state index in [4.69, 9.17) is 17.3 Å². The van der Waals surface area contributed by atoms with E-state index in [0.717, 1.165) is 0 Å². The fraction of sp³-hybridized carbons (Fsp3) is 0.200. The maximum absolute atomic E-state index is 11.2. The van der Waals surface area contributed by atoms with Gasteiger partial charge < -0.3 is 11.1 Å². The molecule has 3 N–H and O–H groups in total. The summed E-state index contributed by atoms with van der Waals surface area (Å²) in [4.78, 5) is 21.9. The first-order valence-electron chi connectivity index (χ1n) is 4.33. The second-order valence-electron chi connectivity index (χ2n) is 3.17. The molecule has 1 amide bonds. The van der Waals surface area contributed by atoms with E-state index < -0.39 is 0 Å². The Morgan fingerprint density at radius 3 is 2.67 bits per heavy atom. The highest BCUT2D eigenvalue weighted by atomic mass is 35.5. The number of carbonyl (C=O) groups is 2. The Kier molecular flexibility index (Phi) is 3.68. The largest absolute Gasteiger partial charge is 0.399 e. The van der Waals surface area contributed by atoms with Crippen molar-refractivity contribution in [2.75, 3.05) is 11.1 Å². The van der Waals surface area contributed by atoms with Crippen molar-refractivity contribution in [2.45, 2.75) is 13.3 Å². The molecule has 0 aliphatic rings. The van der Waals surface area contributed by atoms with E-state index in [1.165, 1.54) is 13.0 Å². The third kappa shape index (κ3) is 3.59. The maximum atomic E-state index is 11.2. The van der Waals surface area contributed by atoms with Gasteiger partial charge in [-0.3, -0.25) is 9.59 Å². The van der Waals surface area contributed by atoms with Gasteiger partial charge in [0.1, 0.15) is 5.78 Å². The lowest BCUT2D eigenvalue weighted by molar-refractivity contribution is -0.124. The molecule has 80 valence electrons. The van der Waals surface area contributed by atoms with Crippen LogP contribution in [0, 0.1) is 0 Å². The number of ketones is 1. The Labute approximate surface area is 92.4 Å². The van der Waals surface area contributed by atoms with E-state index in [9.17, 15) is 9.59 Å². The fourth-order valence-corrected chi connectivity index (χ4v) is 1.29. The zero-order chi connectivity index (χ0) is 11.4. The number of Topliss-reactive ketones (excluding diaryl/α,β-unsaturated/α-hetero) is 1. The van der Waals surface area contributed by atoms with Crippen molar-refractivity contribution in [3.63, 3.8) is 0 Å². The number of nitrogen functional groups attached to an aromatic ring is 1. The second kappa shape index (κ2) is 4.79. The van der Waals surface area contributed by atoms with Crippen LogP contribution in [0.15, 0.2) is 18.2 Å². The molecule has 1 aromatic carbocycles. The van der Waals surface area contributed by atoms with Crippen LogP contribution in [-0.4, -0.2) is 11.7 Å². The van der Waals surface area contributed by atoms with Gasteiger partial charge in [0.05, 0.1) is 17.1 Å². The van der Waals surface area contributed by atoms with E-state index in [1.807, 2.05) is 0 Å². The van der Waals surface area contributed by atoms with Crippen LogP contribution >= 0.6 is 11.6 Å². The van der Waals surface area contributed by atoms with Crippen LogP contribution in [0.4, 0.5) is 11.4 Å². The lowest BCUT2D eigenvalue weighted by atomic mass is 10.2. The third-order valence-corrected chi connectivity index (χ3v) is 1.99. The highest BCUT2D eigenvalue weighted by Crippen LogP contribution is 2.23. The molecule has 0 radical (unpaired) electrons. The van der Waals surface area contributed by atoms with Crippen LogP contribution in [0.25, 0.3) is 0 Å². The van der Waals surface area contributed by atoms with Crippen LogP contribution in [0.3, 0.4) is 0 Å². The molecule has 0 aliphatic carbocycles. The predicted octanol–water partition coefficient (Wildman–Crippen LogP) is 1.84. The van der Waals surface area contributed by atoms with Gasteiger partial charge in [0.25, 0.3) is 0 Å². The minimum absolute atomic E-state index is 0.152. The van der Waals surface area contributed by atoms with Crippen molar-refractivity contribution in [1.82, 2.24) is 0 Å². The second-order valence-corrected chi connectivity index (χ2v) is 3.57. The van der Waals surface area contributed by atoms with E-state index in [-0.39, 0.29) is 18.1 Å². The van der Waals surface area contributed by atoms with Gasteiger partial charge in [-0.1, -0.05) is 11.6 Å². The van der Waals surface area contributed by atoms with Crippen molar-refractivity contribution >= 4 is 34.7 Å². The van der Waals surface area contributed by atoms with E-state index in [0.29, 0.717) is 16.4 Å². The number of amides is 1. The van der Waals surface area contributed by atoms with Gasteiger partial charge in [0.15, 0.2) is 0 Å². The summed E-state index contributed by atoms with van der Waals surface area (Å²) in [5, 5.41) is 2.88. The minimum atomic E-state index is -0.380. The van der Waals surface area contributed by atoms with Crippen LogP contribution in [-0.2, 0) is 9.59 Å². The minimum Gasteiger partial charge on any atom is -0.399 e. The average Bonchev–Trinajstić information content (AvgIpc) is 2.08. The number of anilines is 2. The highest BCUT2D eigenvalue weighted by Gasteiger charge is 2.07. The van der Waals surface area contributed by atoms with Crippen LogP contribution in [0.2, 0.25) is 5.02 Å². The Morgan fingerprint density at radius 2 is 2.13 bits per heavy atom. The van der Waals surface area contributed by atoms with Gasteiger partial charge >= 0.3 is 0 Å². The average molecular weight is 227 g/mol. The first-order chi connectivity index (χ1) is 6.99. The number of nitrogens with two attached hydrogens (primary N) is 1. The molecule has 0 bridgehead atoms. The summed E-state index contributed by atoms with van der Waals surface area (Å²) in [6.07, 6.45) is -0.152. The SMILES string of the molecule is CC(=O)CC(=O)Nc1ccc(N)cc1Cl. The van der Waals surface area contributed by atoms with Crippen LogP contribution in [0.1, 0.15) is 13.3 Å². The van der Waals surface area contributed by atoms with Gasteiger partial charge in [-0.2, -0.15) is 0 Å². The maximum Gasteiger partial charge on any atom is 0.231 e. The number of rotatable bonds is 3. The van der Waals surface area contributed by atoms with Crippen LogP contribution in [0.5, 0.6) is 0 Å². The molecule has 1 aromatic rings. The summed E-state index contributed by atoms with van der Waals surface area (Å²) >= 11 is 5.83. The fourth-order valence-electron chi connectivity index (χ4n) is 1.05. The molecule has 0 spiro atoms. The van der Waals surface area contributed by atoms with Gasteiger partial charge in [0, 0.05) is 5.69 Å². The standard InChI is InChI=1S/C10H11ClN2O2/c1-6(14)4-10(15)13-9-3-2-7(12)5-8(9)11/h2-3,5H,4,12H2,1H3,(H,13,15). The van der Waals surface area contributed by atoms with Crippen molar-refractivity contribution < 1.29 is 9.59 Å². The molecule has 4 nitrogen and oxygen atoms in total. The monoisotopic (exact) mass is 226 g/mol. The zero-order valence-corrected chi connectivity index (χ0v) is 8.97. The Morgan fingerprint density at radius 1 is 1.47 bits per heavy atom. The number of halogens is 1. The molecule has 1 rings (SSSR count). The smallest absolute Gasteiger partial charge is 0.231 e. The molecule has 15 heavy (non-hydrogen) atoms. The zero-order valence-electron chi connectivity index (χ0n) is 8.21. The third-order valence-electron chi connectivity index (χ3n) is 1.68. The molecule has 5 heteroatoms. The summed E-state index contributed by atoms with van der Waals surface area (Å²) in [5.41, 5.74) is 6.46. The highest BCUT2D eigenvalue weighted by molar-refractivity contribution is 6.34. The summed E-state index contributed by atoms with van der Waals surface area (Å²) in [6, 6.07) is 4.75. The van der Waals surface area contributed by atoms with E-state index >= 15 is 0 Å². The van der Waals surface area contributed by atoms with Gasteiger partial charge in [0.2, 0.25) is 5.91 Å². The molecule has 0 heterocycles. The van der Waals surface area contributed by atoms with E-state index in [1.54, 1.807) is 12.1 Å². The number of nitrogens with one attached hydrogen (secondary N) is 1. The van der Waals surface area contributed by atoms with Crippen molar-refractivity contribution in [1.29, 1.82) is 0 Å². The summed E-state index contributed by atoms with van der Waals surface area (Å²) < 4.78 is 0. The number of carbonyl (C=O) groups excluding carboxylic acids is 2. The quantitative estimate of drug-likeness (QED) is 0.610. The Balaban J connectivity index is 2.72. The molecule has 0 atom stereocenters. The normalized spacial score (nSPS) is 9.73. The lowest BCUT2D eigenvalue weighted by Gasteiger charge is -2.06. The van der Waals surface area contributed by atoms with E-state index in [2.05, 4.69) is 5.32 Å². The molecule has 0 saturated heterocycles. The number of hydrogen-bond donors (Lipinski definition) is 2. The Hall–Kier alpha value is -1.55. The van der Waals surface area contributed by atoms with Crippen molar-refractivity contribution in [3.8, 4) is 0 Å².